The van der Waals surface area contributed by atoms with Gasteiger partial charge in [-0.05, 0) is 12.1 Å². The van der Waals surface area contributed by atoms with Gasteiger partial charge in [-0.15, -0.1) is 0 Å². The van der Waals surface area contributed by atoms with Gasteiger partial charge in [-0.3, -0.25) is 10.1 Å². The van der Waals surface area contributed by atoms with Gasteiger partial charge in [0.05, 0.1) is 4.92 Å². The topological polar surface area (TPSA) is 120 Å². The fourth-order valence-electron chi connectivity index (χ4n) is 1.52. The molecule has 104 valence electrons. The fraction of sp³-hybridized carbons (Fsp3) is 0. The average Bonchev–Trinajstić information content (AvgIpc) is 2.86. The molecule has 0 aliphatic carbocycles. The largest absolute Gasteiger partial charge is 0.409 e. The van der Waals surface area contributed by atoms with E-state index >= 15 is 0 Å². The first kappa shape index (κ1) is 13.4. The van der Waals surface area contributed by atoms with Crippen LogP contribution in [-0.2, 0) is 0 Å². The van der Waals surface area contributed by atoms with Crippen molar-refractivity contribution >= 4 is 11.5 Å². The second-order valence-electron chi connectivity index (χ2n) is 3.67. The molecular formula is C10H7F2N5O3. The Hall–Kier alpha value is -3.04. The van der Waals surface area contributed by atoms with E-state index in [9.17, 15) is 18.9 Å². The van der Waals surface area contributed by atoms with E-state index in [1.807, 2.05) is 0 Å². The van der Waals surface area contributed by atoms with Gasteiger partial charge in [-0.25, -0.2) is 13.5 Å². The Bertz CT molecular complexity index is 690. The summed E-state index contributed by atoms with van der Waals surface area (Å²) >= 11 is 0. The van der Waals surface area contributed by atoms with E-state index in [4.69, 9.17) is 10.9 Å². The predicted molar refractivity (Wildman–Crippen MR) is 62.6 cm³/mol. The maximum Gasteiger partial charge on any atom is 0.307 e. The van der Waals surface area contributed by atoms with E-state index in [0.29, 0.717) is 4.68 Å². The molecule has 1 heterocycles. The third-order valence-electron chi connectivity index (χ3n) is 2.43. The SMILES string of the molecule is N/C(=N/O)c1cc(F)c(-n2cc([N+](=O)[O-])cn2)c(F)c1. The van der Waals surface area contributed by atoms with E-state index in [0.717, 1.165) is 24.5 Å². The summed E-state index contributed by atoms with van der Waals surface area (Å²) in [6.45, 7) is 0. The first-order chi connectivity index (χ1) is 9.43. The number of nitrogens with zero attached hydrogens (tertiary/aromatic N) is 4. The zero-order valence-corrected chi connectivity index (χ0v) is 9.70. The predicted octanol–water partition coefficient (Wildman–Crippen LogP) is 1.15. The minimum absolute atomic E-state index is 0.173. The van der Waals surface area contributed by atoms with Crippen LogP contribution in [-0.4, -0.2) is 25.7 Å². The molecule has 0 bridgehead atoms. The van der Waals surface area contributed by atoms with Crippen LogP contribution < -0.4 is 5.73 Å². The molecule has 0 aliphatic heterocycles. The number of aromatic nitrogens is 2. The molecule has 1 aromatic carbocycles. The molecule has 0 spiro atoms. The Kier molecular flexibility index (Phi) is 3.29. The summed E-state index contributed by atoms with van der Waals surface area (Å²) in [5, 5.41) is 25.1. The molecule has 2 rings (SSSR count). The summed E-state index contributed by atoms with van der Waals surface area (Å²) in [5.41, 5.74) is 4.03. The van der Waals surface area contributed by atoms with Gasteiger partial charge >= 0.3 is 5.69 Å². The summed E-state index contributed by atoms with van der Waals surface area (Å²) in [5.74, 6) is -2.60. The lowest BCUT2D eigenvalue weighted by atomic mass is 10.1. The minimum Gasteiger partial charge on any atom is -0.409 e. The lowest BCUT2D eigenvalue weighted by Crippen LogP contribution is -2.15. The van der Waals surface area contributed by atoms with Gasteiger partial charge in [0.1, 0.15) is 18.1 Å². The van der Waals surface area contributed by atoms with Crippen LogP contribution in [0.3, 0.4) is 0 Å². The molecule has 0 amide bonds. The van der Waals surface area contributed by atoms with Gasteiger partial charge in [0, 0.05) is 5.56 Å². The van der Waals surface area contributed by atoms with Gasteiger partial charge in [-0.2, -0.15) is 5.10 Å². The molecule has 0 fully saturated rings. The molecule has 0 saturated carbocycles. The third kappa shape index (κ3) is 2.25. The molecule has 8 nitrogen and oxygen atoms in total. The van der Waals surface area contributed by atoms with Crippen LogP contribution in [0, 0.1) is 21.7 Å². The second-order valence-corrected chi connectivity index (χ2v) is 3.67. The number of hydrogen-bond donors (Lipinski definition) is 2. The van der Waals surface area contributed by atoms with Crippen molar-refractivity contribution in [3.05, 3.63) is 51.8 Å². The van der Waals surface area contributed by atoms with E-state index in [2.05, 4.69) is 10.3 Å². The van der Waals surface area contributed by atoms with Crippen molar-refractivity contribution in [2.45, 2.75) is 0 Å². The normalized spacial score (nSPS) is 11.6. The molecule has 3 N–H and O–H groups in total. The fourth-order valence-corrected chi connectivity index (χ4v) is 1.52. The van der Waals surface area contributed by atoms with Gasteiger partial charge in [-0.1, -0.05) is 5.16 Å². The van der Waals surface area contributed by atoms with Crippen molar-refractivity contribution in [1.29, 1.82) is 0 Å². The average molecular weight is 283 g/mol. The maximum absolute atomic E-state index is 13.8. The van der Waals surface area contributed by atoms with Crippen molar-refractivity contribution < 1.29 is 18.9 Å². The van der Waals surface area contributed by atoms with E-state index < -0.39 is 33.8 Å². The van der Waals surface area contributed by atoms with Crippen molar-refractivity contribution in [3.8, 4) is 5.69 Å². The van der Waals surface area contributed by atoms with Gasteiger partial charge in [0.2, 0.25) is 0 Å². The number of oxime groups is 1. The summed E-state index contributed by atoms with van der Waals surface area (Å²) in [6.07, 6.45) is 1.72. The smallest absolute Gasteiger partial charge is 0.307 e. The number of halogens is 2. The van der Waals surface area contributed by atoms with E-state index in [1.165, 1.54) is 0 Å². The second kappa shape index (κ2) is 4.91. The number of rotatable bonds is 3. The Morgan fingerprint density at radius 2 is 2.05 bits per heavy atom. The van der Waals surface area contributed by atoms with Crippen LogP contribution in [0.25, 0.3) is 5.69 Å². The molecule has 20 heavy (non-hydrogen) atoms. The summed E-state index contributed by atoms with van der Waals surface area (Å²) in [7, 11) is 0. The number of nitro groups is 1. The zero-order chi connectivity index (χ0) is 14.9. The molecule has 0 aliphatic rings. The molecule has 2 aromatic rings. The molecule has 1 aromatic heterocycles. The van der Waals surface area contributed by atoms with Gasteiger partial charge in [0.15, 0.2) is 17.5 Å². The maximum atomic E-state index is 13.8. The molecule has 0 saturated heterocycles. The van der Waals surface area contributed by atoms with Gasteiger partial charge < -0.3 is 10.9 Å². The van der Waals surface area contributed by atoms with E-state index in [1.54, 1.807) is 0 Å². The standard InChI is InChI=1S/C10H7F2N5O3/c11-7-1-5(10(13)15-18)2-8(12)9(7)16-4-6(3-14-16)17(19)20/h1-4,18H,(H2,13,15). The van der Waals surface area contributed by atoms with Crippen molar-refractivity contribution in [2.24, 2.45) is 10.9 Å². The first-order valence-electron chi connectivity index (χ1n) is 5.10. The molecular weight excluding hydrogens is 276 g/mol. The van der Waals surface area contributed by atoms with Crippen LogP contribution in [0.1, 0.15) is 5.56 Å². The minimum atomic E-state index is -1.07. The lowest BCUT2D eigenvalue weighted by Gasteiger charge is -2.06. The van der Waals surface area contributed by atoms with Crippen LogP contribution in [0.4, 0.5) is 14.5 Å². The Balaban J connectivity index is 2.54. The highest BCUT2D eigenvalue weighted by Gasteiger charge is 2.18. The summed E-state index contributed by atoms with van der Waals surface area (Å²) in [4.78, 5) is 9.76. The highest BCUT2D eigenvalue weighted by atomic mass is 19.1. The number of nitrogens with two attached hydrogens (primary N) is 1. The van der Waals surface area contributed by atoms with Crippen LogP contribution in [0.2, 0.25) is 0 Å². The van der Waals surface area contributed by atoms with Crippen molar-refractivity contribution in [3.63, 3.8) is 0 Å². The Labute approximate surface area is 109 Å². The zero-order valence-electron chi connectivity index (χ0n) is 9.70. The van der Waals surface area contributed by atoms with Crippen LogP contribution in [0.5, 0.6) is 0 Å². The highest BCUT2D eigenvalue weighted by molar-refractivity contribution is 5.97. The quantitative estimate of drug-likeness (QED) is 0.288. The number of hydrogen-bond acceptors (Lipinski definition) is 5. The van der Waals surface area contributed by atoms with E-state index in [-0.39, 0.29) is 5.56 Å². The summed E-state index contributed by atoms with van der Waals surface area (Å²) < 4.78 is 28.4. The van der Waals surface area contributed by atoms with Crippen molar-refractivity contribution in [2.75, 3.05) is 0 Å². The van der Waals surface area contributed by atoms with Crippen LogP contribution >= 0.6 is 0 Å². The molecule has 0 unspecified atom stereocenters. The number of amidine groups is 1. The molecule has 0 atom stereocenters. The number of benzene rings is 1. The summed E-state index contributed by atoms with van der Waals surface area (Å²) in [6, 6.07) is 1.64. The van der Waals surface area contributed by atoms with Crippen LogP contribution in [0.15, 0.2) is 29.7 Å². The third-order valence-corrected chi connectivity index (χ3v) is 2.43. The first-order valence-corrected chi connectivity index (χ1v) is 5.10. The Morgan fingerprint density at radius 3 is 2.50 bits per heavy atom. The molecule has 10 heteroatoms. The molecule has 0 radical (unpaired) electrons. The Morgan fingerprint density at radius 1 is 1.45 bits per heavy atom. The van der Waals surface area contributed by atoms with Crippen molar-refractivity contribution in [1.82, 2.24) is 9.78 Å². The lowest BCUT2D eigenvalue weighted by molar-refractivity contribution is -0.384. The van der Waals surface area contributed by atoms with Gasteiger partial charge in [0.25, 0.3) is 0 Å². The monoisotopic (exact) mass is 283 g/mol. The highest BCUT2D eigenvalue weighted by Crippen LogP contribution is 2.21.